The first-order chi connectivity index (χ1) is 19.4. The molecule has 0 radical (unpaired) electrons. The zero-order valence-corrected chi connectivity index (χ0v) is 21.8. The highest BCUT2D eigenvalue weighted by Gasteiger charge is 2.08. The fourth-order valence-electron chi connectivity index (χ4n) is 3.82. The summed E-state index contributed by atoms with van der Waals surface area (Å²) in [6, 6.07) is 26.4. The van der Waals surface area contributed by atoms with E-state index >= 15 is 0 Å². The third-order valence-electron chi connectivity index (χ3n) is 5.97. The van der Waals surface area contributed by atoms with E-state index in [1.807, 2.05) is 54.6 Å². The van der Waals surface area contributed by atoms with E-state index in [1.165, 1.54) is 6.08 Å². The fraction of sp³-hybridized carbons (Fsp3) is 0.121. The zero-order chi connectivity index (χ0) is 28.3. The van der Waals surface area contributed by atoms with Crippen molar-refractivity contribution in [1.82, 2.24) is 0 Å². The van der Waals surface area contributed by atoms with Crippen LogP contribution in [-0.4, -0.2) is 31.1 Å². The van der Waals surface area contributed by atoms with Crippen LogP contribution in [0.3, 0.4) is 0 Å². The van der Waals surface area contributed by atoms with E-state index in [0.717, 1.165) is 33.5 Å². The number of ether oxygens (including phenoxy) is 4. The highest BCUT2D eigenvalue weighted by Crippen LogP contribution is 2.28. The number of carbonyl (C=O) groups excluding carboxylic acids is 3. The first-order valence-corrected chi connectivity index (χ1v) is 12.6. The fourth-order valence-corrected chi connectivity index (χ4v) is 3.82. The number of aryl methyl sites for hydroxylation is 1. The molecule has 0 fully saturated rings. The maximum absolute atomic E-state index is 12.3. The Morgan fingerprint density at radius 1 is 0.675 bits per heavy atom. The quantitative estimate of drug-likeness (QED) is 0.0864. The van der Waals surface area contributed by atoms with Crippen molar-refractivity contribution in [3.8, 4) is 28.4 Å². The van der Waals surface area contributed by atoms with Crippen LogP contribution in [0, 0.1) is 0 Å². The Morgan fingerprint density at radius 3 is 2.05 bits per heavy atom. The molecule has 0 aliphatic carbocycles. The molecule has 0 aliphatic rings. The Morgan fingerprint density at radius 2 is 1.32 bits per heavy atom. The van der Waals surface area contributed by atoms with Crippen molar-refractivity contribution in [2.24, 2.45) is 0 Å². The van der Waals surface area contributed by atoms with Gasteiger partial charge in [0.15, 0.2) is 12.4 Å². The standard InChI is InChI=1S/C33H28O7/c1-3-28(34)21-37-31-13-12-26-19-25(10-11-27(26)20-31)24-8-5-23(6-9-24)7-18-33(36)40-30-16-14-29(15-17-30)38-22-39-32(35)4-2/h3-6,8-17,19-20H,1-2,7,18,21-22H2. The Labute approximate surface area is 232 Å². The molecule has 0 unspecified atom stereocenters. The van der Waals surface area contributed by atoms with E-state index in [2.05, 4.69) is 19.2 Å². The minimum absolute atomic E-state index is 0.0301. The molecular weight excluding hydrogens is 508 g/mol. The van der Waals surface area contributed by atoms with E-state index in [4.69, 9.17) is 18.9 Å². The number of ketones is 1. The van der Waals surface area contributed by atoms with Crippen LogP contribution in [0.1, 0.15) is 12.0 Å². The molecule has 0 N–H and O–H groups in total. The van der Waals surface area contributed by atoms with Crippen molar-refractivity contribution in [2.75, 3.05) is 13.4 Å². The third-order valence-corrected chi connectivity index (χ3v) is 5.97. The van der Waals surface area contributed by atoms with Gasteiger partial charge in [0.25, 0.3) is 0 Å². The number of rotatable bonds is 13. The maximum atomic E-state index is 12.3. The monoisotopic (exact) mass is 536 g/mol. The number of esters is 2. The lowest BCUT2D eigenvalue weighted by Gasteiger charge is -2.09. The normalized spacial score (nSPS) is 10.4. The third kappa shape index (κ3) is 7.91. The molecule has 0 heterocycles. The van der Waals surface area contributed by atoms with Gasteiger partial charge in [0.1, 0.15) is 17.2 Å². The Balaban J connectivity index is 1.27. The van der Waals surface area contributed by atoms with E-state index in [-0.39, 0.29) is 31.6 Å². The number of carbonyl (C=O) groups is 3. The second-order valence-corrected chi connectivity index (χ2v) is 8.75. The highest BCUT2D eigenvalue weighted by molar-refractivity contribution is 5.91. The Hall–Kier alpha value is -5.17. The smallest absolute Gasteiger partial charge is 0.333 e. The molecule has 7 heteroatoms. The maximum Gasteiger partial charge on any atom is 0.333 e. The van der Waals surface area contributed by atoms with Crippen molar-refractivity contribution >= 4 is 28.5 Å². The minimum Gasteiger partial charge on any atom is -0.485 e. The molecule has 4 rings (SSSR count). The van der Waals surface area contributed by atoms with E-state index in [0.29, 0.717) is 23.7 Å². The Kier molecular flexibility index (Phi) is 9.45. The van der Waals surface area contributed by atoms with Gasteiger partial charge in [-0.05, 0) is 82.4 Å². The summed E-state index contributed by atoms with van der Waals surface area (Å²) in [4.78, 5) is 34.7. The van der Waals surface area contributed by atoms with Gasteiger partial charge in [-0.25, -0.2) is 4.79 Å². The lowest BCUT2D eigenvalue weighted by Crippen LogP contribution is -2.09. The molecule has 7 nitrogen and oxygen atoms in total. The molecule has 0 amide bonds. The summed E-state index contributed by atoms with van der Waals surface area (Å²) in [6.07, 6.45) is 3.07. The van der Waals surface area contributed by atoms with Crippen LogP contribution in [0.2, 0.25) is 0 Å². The predicted octanol–water partition coefficient (Wildman–Crippen LogP) is 6.24. The first-order valence-electron chi connectivity index (χ1n) is 12.6. The molecule has 0 saturated carbocycles. The summed E-state index contributed by atoms with van der Waals surface area (Å²) in [5.41, 5.74) is 3.15. The molecule has 0 aromatic heterocycles. The molecule has 202 valence electrons. The number of benzene rings is 4. The number of hydrogen-bond donors (Lipinski definition) is 0. The molecule has 0 aliphatic heterocycles. The van der Waals surface area contributed by atoms with E-state index in [1.54, 1.807) is 24.3 Å². The first kappa shape index (κ1) is 27.9. The minimum atomic E-state index is -0.574. The zero-order valence-electron chi connectivity index (χ0n) is 21.8. The molecule has 0 bridgehead atoms. The van der Waals surface area contributed by atoms with Gasteiger partial charge in [-0.1, -0.05) is 55.6 Å². The van der Waals surface area contributed by atoms with Gasteiger partial charge in [-0.15, -0.1) is 0 Å². The molecule has 0 saturated heterocycles. The average Bonchev–Trinajstić information content (AvgIpc) is 2.99. The van der Waals surface area contributed by atoms with Crippen LogP contribution in [0.5, 0.6) is 17.2 Å². The molecule has 4 aromatic carbocycles. The van der Waals surface area contributed by atoms with E-state index < -0.39 is 5.97 Å². The van der Waals surface area contributed by atoms with Gasteiger partial charge in [-0.2, -0.15) is 0 Å². The topological polar surface area (TPSA) is 88.1 Å². The second kappa shape index (κ2) is 13.6. The van der Waals surface area contributed by atoms with Gasteiger partial charge in [0.05, 0.1) is 0 Å². The van der Waals surface area contributed by atoms with Crippen molar-refractivity contribution < 1.29 is 33.3 Å². The summed E-state index contributed by atoms with van der Waals surface area (Å²) in [5.74, 6) is 0.419. The van der Waals surface area contributed by atoms with Crippen LogP contribution in [0.4, 0.5) is 0 Å². The predicted molar refractivity (Wildman–Crippen MR) is 152 cm³/mol. The van der Waals surface area contributed by atoms with Crippen LogP contribution in [0.15, 0.2) is 110 Å². The summed E-state index contributed by atoms with van der Waals surface area (Å²) in [6.45, 7) is 6.49. The molecule has 4 aromatic rings. The van der Waals surface area contributed by atoms with Gasteiger partial charge >= 0.3 is 11.9 Å². The van der Waals surface area contributed by atoms with Crippen LogP contribution < -0.4 is 14.2 Å². The summed E-state index contributed by atoms with van der Waals surface area (Å²) in [5, 5.41) is 2.07. The van der Waals surface area contributed by atoms with Crippen molar-refractivity contribution in [1.29, 1.82) is 0 Å². The largest absolute Gasteiger partial charge is 0.485 e. The average molecular weight is 537 g/mol. The lowest BCUT2D eigenvalue weighted by atomic mass is 9.99. The Bertz CT molecular complexity index is 1520. The summed E-state index contributed by atoms with van der Waals surface area (Å²) < 4.78 is 21.0. The van der Waals surface area contributed by atoms with Crippen molar-refractivity contribution in [3.05, 3.63) is 116 Å². The SMILES string of the molecule is C=CC(=O)COc1ccc2cc(-c3ccc(CCC(=O)Oc4ccc(OCOC(=O)C=C)cc4)cc3)ccc2c1. The molecule has 0 spiro atoms. The highest BCUT2D eigenvalue weighted by atomic mass is 16.7. The van der Waals surface area contributed by atoms with E-state index in [9.17, 15) is 14.4 Å². The summed E-state index contributed by atoms with van der Waals surface area (Å²) >= 11 is 0. The molecule has 40 heavy (non-hydrogen) atoms. The number of fused-ring (bicyclic) bond motifs is 1. The summed E-state index contributed by atoms with van der Waals surface area (Å²) in [7, 11) is 0. The molecular formula is C33H28O7. The van der Waals surface area contributed by atoms with Gasteiger partial charge in [0.2, 0.25) is 6.79 Å². The van der Waals surface area contributed by atoms with Crippen molar-refractivity contribution in [3.63, 3.8) is 0 Å². The second-order valence-electron chi connectivity index (χ2n) is 8.75. The van der Waals surface area contributed by atoms with Gasteiger partial charge < -0.3 is 18.9 Å². The van der Waals surface area contributed by atoms with Crippen LogP contribution >= 0.6 is 0 Å². The van der Waals surface area contributed by atoms with Crippen LogP contribution in [0.25, 0.3) is 21.9 Å². The molecule has 0 atom stereocenters. The van der Waals surface area contributed by atoms with Crippen LogP contribution in [-0.2, 0) is 25.5 Å². The van der Waals surface area contributed by atoms with Gasteiger partial charge in [0, 0.05) is 12.5 Å². The van der Waals surface area contributed by atoms with Gasteiger partial charge in [-0.3, -0.25) is 9.59 Å². The lowest BCUT2D eigenvalue weighted by molar-refractivity contribution is -0.144. The number of hydrogen-bond acceptors (Lipinski definition) is 7. The van der Waals surface area contributed by atoms with Crippen molar-refractivity contribution in [2.45, 2.75) is 12.8 Å².